The average Bonchev–Trinajstić information content (AvgIpc) is 3.61. The molecule has 2 N–H and O–H groups in total. The molecular formula is C26H28N2O5. The Morgan fingerprint density at radius 2 is 1.70 bits per heavy atom. The Bertz CT molecular complexity index is 1020. The first-order valence-electron chi connectivity index (χ1n) is 11.2. The number of benzene rings is 2. The number of carbonyl (C=O) groups excluding carboxylic acids is 2. The lowest BCUT2D eigenvalue weighted by Crippen LogP contribution is -2.49. The third-order valence-corrected chi connectivity index (χ3v) is 6.18. The van der Waals surface area contributed by atoms with Crippen molar-refractivity contribution in [1.82, 2.24) is 10.2 Å². The maximum absolute atomic E-state index is 13.1. The van der Waals surface area contributed by atoms with Crippen LogP contribution in [0.4, 0.5) is 4.79 Å². The van der Waals surface area contributed by atoms with Crippen molar-refractivity contribution in [2.24, 2.45) is 0 Å². The quantitative estimate of drug-likeness (QED) is 0.537. The van der Waals surface area contributed by atoms with Crippen LogP contribution < -0.4 is 5.32 Å². The molecule has 1 unspecified atom stereocenters. The summed E-state index contributed by atoms with van der Waals surface area (Å²) in [5.74, 6) is -1.42. The molecule has 7 heteroatoms. The number of nitrogens with one attached hydrogen (secondary N) is 1. The number of carboxylic acids is 1. The number of nitrogens with zero attached hydrogens (tertiary/aromatic N) is 1. The van der Waals surface area contributed by atoms with Gasteiger partial charge in [0.25, 0.3) is 0 Å². The second-order valence-electron chi connectivity index (χ2n) is 8.47. The van der Waals surface area contributed by atoms with Gasteiger partial charge in [-0.2, -0.15) is 0 Å². The number of alkyl carbamates (subject to hydrolysis) is 1. The summed E-state index contributed by atoms with van der Waals surface area (Å²) in [5, 5.41) is 11.7. The summed E-state index contributed by atoms with van der Waals surface area (Å²) in [4.78, 5) is 38.5. The number of ether oxygens (including phenoxy) is 1. The lowest BCUT2D eigenvalue weighted by molar-refractivity contribution is -0.138. The molecule has 0 spiro atoms. The van der Waals surface area contributed by atoms with Gasteiger partial charge < -0.3 is 20.1 Å². The van der Waals surface area contributed by atoms with Crippen molar-refractivity contribution in [1.29, 1.82) is 0 Å². The molecule has 2 amide bonds. The minimum Gasteiger partial charge on any atom is -0.481 e. The Balaban J connectivity index is 1.44. The fourth-order valence-electron chi connectivity index (χ4n) is 4.45. The minimum atomic E-state index is -1.02. The van der Waals surface area contributed by atoms with Crippen LogP contribution in [0.25, 0.3) is 11.1 Å². The van der Waals surface area contributed by atoms with Crippen molar-refractivity contribution in [2.75, 3.05) is 13.2 Å². The van der Waals surface area contributed by atoms with Crippen LogP contribution in [0, 0.1) is 0 Å². The highest BCUT2D eigenvalue weighted by Gasteiger charge is 2.36. The molecule has 0 bridgehead atoms. The topological polar surface area (TPSA) is 95.9 Å². The summed E-state index contributed by atoms with van der Waals surface area (Å²) < 4.78 is 5.55. The Hall–Kier alpha value is -3.61. The number of rotatable bonds is 10. The van der Waals surface area contributed by atoms with Crippen LogP contribution in [-0.4, -0.2) is 53.2 Å². The molecule has 4 rings (SSSR count). The zero-order valence-electron chi connectivity index (χ0n) is 18.4. The maximum atomic E-state index is 13.1. The van der Waals surface area contributed by atoms with E-state index in [9.17, 15) is 14.4 Å². The normalized spacial score (nSPS) is 15.2. The molecule has 1 atom stereocenters. The molecule has 0 aliphatic heterocycles. The predicted octanol–water partition coefficient (Wildman–Crippen LogP) is 3.94. The Kier molecular flexibility index (Phi) is 6.77. The predicted molar refractivity (Wildman–Crippen MR) is 124 cm³/mol. The molecule has 0 radical (unpaired) electrons. The molecule has 0 heterocycles. The van der Waals surface area contributed by atoms with Crippen molar-refractivity contribution in [2.45, 2.75) is 43.7 Å². The van der Waals surface area contributed by atoms with Gasteiger partial charge in [-0.3, -0.25) is 9.59 Å². The first kappa shape index (κ1) is 22.6. The standard InChI is InChI=1S/C26H28N2O5/c1-2-15-28(17-11-12-17)25(31)23(13-14-24(29)30)27-26(32)33-16-22-20-9-5-3-7-18(20)19-8-4-6-10-21(19)22/h2-10,17,22-23H,1,11-16H2,(H,27,32)(H,29,30). The van der Waals surface area contributed by atoms with Gasteiger partial charge in [-0.05, 0) is 41.5 Å². The number of carbonyl (C=O) groups is 3. The molecule has 7 nitrogen and oxygen atoms in total. The maximum Gasteiger partial charge on any atom is 0.407 e. The van der Waals surface area contributed by atoms with E-state index in [2.05, 4.69) is 24.0 Å². The highest BCUT2D eigenvalue weighted by Crippen LogP contribution is 2.44. The molecular weight excluding hydrogens is 420 g/mol. The van der Waals surface area contributed by atoms with E-state index in [0.29, 0.717) is 6.54 Å². The van der Waals surface area contributed by atoms with Gasteiger partial charge in [0.2, 0.25) is 5.91 Å². The number of carboxylic acid groups (broad SMARTS) is 1. The van der Waals surface area contributed by atoms with Gasteiger partial charge in [-0.15, -0.1) is 6.58 Å². The molecule has 0 aromatic heterocycles. The Morgan fingerprint density at radius 1 is 1.09 bits per heavy atom. The van der Waals surface area contributed by atoms with Crippen LogP contribution in [0.15, 0.2) is 61.2 Å². The minimum absolute atomic E-state index is 0.00126. The van der Waals surface area contributed by atoms with E-state index >= 15 is 0 Å². The van der Waals surface area contributed by atoms with Gasteiger partial charge in [0, 0.05) is 24.9 Å². The largest absolute Gasteiger partial charge is 0.481 e. The monoisotopic (exact) mass is 448 g/mol. The van der Waals surface area contributed by atoms with E-state index in [4.69, 9.17) is 9.84 Å². The zero-order chi connectivity index (χ0) is 23.4. The lowest BCUT2D eigenvalue weighted by Gasteiger charge is -2.27. The fourth-order valence-corrected chi connectivity index (χ4v) is 4.45. The second-order valence-corrected chi connectivity index (χ2v) is 8.47. The van der Waals surface area contributed by atoms with Crippen molar-refractivity contribution in [3.8, 4) is 11.1 Å². The average molecular weight is 449 g/mol. The number of amides is 2. The zero-order valence-corrected chi connectivity index (χ0v) is 18.4. The molecule has 2 aromatic carbocycles. The van der Waals surface area contributed by atoms with Gasteiger partial charge >= 0.3 is 12.1 Å². The molecule has 2 aromatic rings. The first-order valence-corrected chi connectivity index (χ1v) is 11.2. The SMILES string of the molecule is C=CCN(C(=O)C(CCC(=O)O)NC(=O)OCC1c2ccccc2-c2ccccc21)C1CC1. The first-order chi connectivity index (χ1) is 16.0. The molecule has 172 valence electrons. The van der Waals surface area contributed by atoms with Crippen LogP contribution in [-0.2, 0) is 14.3 Å². The van der Waals surface area contributed by atoms with Crippen LogP contribution in [0.1, 0.15) is 42.7 Å². The van der Waals surface area contributed by atoms with Crippen molar-refractivity contribution in [3.63, 3.8) is 0 Å². The van der Waals surface area contributed by atoms with Crippen LogP contribution >= 0.6 is 0 Å². The third kappa shape index (κ3) is 5.08. The van der Waals surface area contributed by atoms with E-state index in [1.807, 2.05) is 36.4 Å². The van der Waals surface area contributed by atoms with E-state index < -0.39 is 18.1 Å². The van der Waals surface area contributed by atoms with Crippen molar-refractivity contribution in [3.05, 3.63) is 72.3 Å². The molecule has 1 saturated carbocycles. The van der Waals surface area contributed by atoms with Gasteiger partial charge in [-0.1, -0.05) is 54.6 Å². The number of hydrogen-bond donors (Lipinski definition) is 2. The Morgan fingerprint density at radius 3 is 2.24 bits per heavy atom. The van der Waals surface area contributed by atoms with E-state index in [1.165, 1.54) is 0 Å². The van der Waals surface area contributed by atoms with Crippen molar-refractivity contribution < 1.29 is 24.2 Å². The van der Waals surface area contributed by atoms with Crippen LogP contribution in [0.2, 0.25) is 0 Å². The summed E-state index contributed by atoms with van der Waals surface area (Å²) in [6, 6.07) is 15.2. The lowest BCUT2D eigenvalue weighted by atomic mass is 9.98. The number of aliphatic carboxylic acids is 1. The Labute approximate surface area is 193 Å². The summed E-state index contributed by atoms with van der Waals surface area (Å²) in [5.41, 5.74) is 4.44. The summed E-state index contributed by atoms with van der Waals surface area (Å²) >= 11 is 0. The number of fused-ring (bicyclic) bond motifs is 3. The molecule has 2 aliphatic rings. The summed E-state index contributed by atoms with van der Waals surface area (Å²) in [6.07, 6.45) is 2.48. The van der Waals surface area contributed by atoms with Crippen molar-refractivity contribution >= 4 is 18.0 Å². The smallest absolute Gasteiger partial charge is 0.407 e. The summed E-state index contributed by atoms with van der Waals surface area (Å²) in [7, 11) is 0. The fraction of sp³-hybridized carbons (Fsp3) is 0.346. The highest BCUT2D eigenvalue weighted by atomic mass is 16.5. The molecule has 0 saturated heterocycles. The van der Waals surface area contributed by atoms with E-state index in [-0.39, 0.29) is 37.3 Å². The number of hydrogen-bond acceptors (Lipinski definition) is 4. The van der Waals surface area contributed by atoms with E-state index in [0.717, 1.165) is 35.1 Å². The molecule has 2 aliphatic carbocycles. The van der Waals surface area contributed by atoms with Gasteiger partial charge in [0.05, 0.1) is 0 Å². The molecule has 33 heavy (non-hydrogen) atoms. The second kappa shape index (κ2) is 9.90. The van der Waals surface area contributed by atoms with Crippen LogP contribution in [0.3, 0.4) is 0 Å². The van der Waals surface area contributed by atoms with Crippen LogP contribution in [0.5, 0.6) is 0 Å². The van der Waals surface area contributed by atoms with Gasteiger partial charge in [0.15, 0.2) is 0 Å². The van der Waals surface area contributed by atoms with Gasteiger partial charge in [-0.25, -0.2) is 4.79 Å². The van der Waals surface area contributed by atoms with Gasteiger partial charge in [0.1, 0.15) is 12.6 Å². The summed E-state index contributed by atoms with van der Waals surface area (Å²) in [6.45, 7) is 4.18. The highest BCUT2D eigenvalue weighted by molar-refractivity contribution is 5.87. The van der Waals surface area contributed by atoms with E-state index in [1.54, 1.807) is 11.0 Å². The third-order valence-electron chi connectivity index (χ3n) is 6.18. The molecule has 1 fully saturated rings.